The molecule has 0 amide bonds. The molecule has 0 aliphatic heterocycles. The smallest absolute Gasteiger partial charge is 0.371 e. The molecular weight excluding hydrogens is 804 g/mol. The lowest BCUT2D eigenvalue weighted by Gasteiger charge is -2.08. The van der Waals surface area contributed by atoms with E-state index in [-0.39, 0.29) is 50.6 Å². The highest BCUT2D eigenvalue weighted by Crippen LogP contribution is 2.02. The van der Waals surface area contributed by atoms with Gasteiger partial charge in [0, 0.05) is 63.6 Å². The largest absolute Gasteiger partial charge is 0.481 e. The van der Waals surface area contributed by atoms with Gasteiger partial charge in [-0.25, -0.2) is 14.4 Å². The standard InChI is InChI=1S/4C7H18N2O.C4H6O5.C4H6O2.C3H4O3/c4*8-5-1-3-7(9)4-2-6-10;5-2(4(8)9)1-3(6)7;1-2-3-4(5)6;1-2(4)3(5)6/h4*7,10H,1-6,8-9H2;2,5H,1H2,(H,6,7)(H,8,9);2-3H,1H3,(H,5,6);1H3,(H,5,6)/b;;;;;3-2+;. The molecule has 0 saturated heterocycles. The number of allylic oxidation sites excluding steroid dienone is 1. The zero-order chi connectivity index (χ0) is 48.9. The van der Waals surface area contributed by atoms with Gasteiger partial charge in [0.2, 0.25) is 5.78 Å². The quantitative estimate of drug-likeness (QED) is 0.0300. The molecule has 0 aliphatic rings. The van der Waals surface area contributed by atoms with Crippen LogP contribution in [0.5, 0.6) is 0 Å². The van der Waals surface area contributed by atoms with Gasteiger partial charge in [0.1, 0.15) is 0 Å². The van der Waals surface area contributed by atoms with Crippen LogP contribution in [0.2, 0.25) is 0 Å². The van der Waals surface area contributed by atoms with Crippen LogP contribution >= 0.6 is 0 Å². The van der Waals surface area contributed by atoms with Crippen molar-refractivity contribution >= 4 is 29.7 Å². The predicted octanol–water partition coefficient (Wildman–Crippen LogP) is -1.49. The van der Waals surface area contributed by atoms with Crippen LogP contribution in [0.4, 0.5) is 0 Å². The Morgan fingerprint density at radius 1 is 0.492 bits per heavy atom. The molecule has 0 saturated carbocycles. The van der Waals surface area contributed by atoms with Gasteiger partial charge in [-0.2, -0.15) is 0 Å². The molecule has 5 atom stereocenters. The number of aliphatic carboxylic acids is 4. The zero-order valence-corrected chi connectivity index (χ0v) is 36.9. The number of Topliss-reactive ketones (excluding diaryl/α,β-unsaturated/α-hetero) is 1. The van der Waals surface area contributed by atoms with E-state index in [2.05, 4.69) is 0 Å². The first-order valence-electron chi connectivity index (χ1n) is 20.7. The first-order valence-corrected chi connectivity index (χ1v) is 20.7. The molecular formula is C39H88N8O14. The second kappa shape index (κ2) is 61.1. The third-order valence-electron chi connectivity index (χ3n) is 7.31. The maximum Gasteiger partial charge on any atom is 0.371 e. The minimum Gasteiger partial charge on any atom is -0.481 e. The van der Waals surface area contributed by atoms with E-state index in [9.17, 15) is 24.0 Å². The number of carbonyl (C=O) groups is 5. The van der Waals surface area contributed by atoms with Crippen LogP contribution in [0.1, 0.15) is 123 Å². The van der Waals surface area contributed by atoms with Crippen LogP contribution in [0.15, 0.2) is 12.2 Å². The Hall–Kier alpha value is -3.23. The van der Waals surface area contributed by atoms with E-state index in [1.807, 2.05) is 0 Å². The summed E-state index contributed by atoms with van der Waals surface area (Å²) in [5, 5.41) is 73.5. The Morgan fingerprint density at radius 3 is 0.820 bits per heavy atom. The number of hydrogen-bond donors (Lipinski definition) is 17. The van der Waals surface area contributed by atoms with Gasteiger partial charge in [-0.05, 0) is 136 Å². The molecule has 0 aromatic carbocycles. The van der Waals surface area contributed by atoms with Crippen molar-refractivity contribution in [3.8, 4) is 0 Å². The molecule has 0 rings (SSSR count). The number of hydrogen-bond acceptors (Lipinski definition) is 18. The lowest BCUT2D eigenvalue weighted by Crippen LogP contribution is -2.22. The molecule has 5 unspecified atom stereocenters. The Balaban J connectivity index is -0.000000112. The van der Waals surface area contributed by atoms with Crippen LogP contribution in [0, 0.1) is 0 Å². The highest BCUT2D eigenvalue weighted by atomic mass is 16.4. The van der Waals surface area contributed by atoms with Crippen LogP contribution in [-0.4, -0.2) is 158 Å². The minimum absolute atomic E-state index is 0.232. The first-order chi connectivity index (χ1) is 28.7. The summed E-state index contributed by atoms with van der Waals surface area (Å²) in [6.07, 6.45) is 14.8. The second-order valence-corrected chi connectivity index (χ2v) is 13.4. The number of carboxylic acid groups (broad SMARTS) is 4. The van der Waals surface area contributed by atoms with Gasteiger partial charge < -0.3 is 91.8 Å². The van der Waals surface area contributed by atoms with E-state index in [4.69, 9.17) is 91.8 Å². The molecule has 368 valence electrons. The van der Waals surface area contributed by atoms with E-state index in [0.717, 1.165) is 116 Å². The Morgan fingerprint density at radius 2 is 0.721 bits per heavy atom. The van der Waals surface area contributed by atoms with Crippen molar-refractivity contribution in [3.63, 3.8) is 0 Å². The van der Waals surface area contributed by atoms with Crippen LogP contribution < -0.4 is 45.9 Å². The molecule has 22 nitrogen and oxygen atoms in total. The van der Waals surface area contributed by atoms with Crippen LogP contribution in [-0.2, 0) is 24.0 Å². The third kappa shape index (κ3) is 88.9. The molecule has 0 fully saturated rings. The van der Waals surface area contributed by atoms with Gasteiger partial charge in [-0.15, -0.1) is 0 Å². The SMILES string of the molecule is C/C=C/C(=O)O.CC(=O)C(=O)O.NCCCC(N)CCCO.NCCCC(N)CCCO.NCCCC(N)CCCO.NCCCC(N)CCCO.O=C(O)CC(O)C(=O)O. The Labute approximate surface area is 363 Å². The number of aliphatic hydroxyl groups excluding tert-OH is 5. The van der Waals surface area contributed by atoms with Crippen molar-refractivity contribution in [2.75, 3.05) is 52.6 Å². The number of rotatable bonds is 29. The van der Waals surface area contributed by atoms with Crippen molar-refractivity contribution in [2.24, 2.45) is 45.9 Å². The van der Waals surface area contributed by atoms with Crippen molar-refractivity contribution < 1.29 is 69.9 Å². The van der Waals surface area contributed by atoms with E-state index in [1.165, 1.54) is 6.08 Å². The minimum atomic E-state index is -1.79. The topological polar surface area (TPSA) is 476 Å². The summed E-state index contributed by atoms with van der Waals surface area (Å²) in [5.74, 6) is -5.94. The van der Waals surface area contributed by atoms with Crippen LogP contribution in [0.3, 0.4) is 0 Å². The fraction of sp³-hybridized carbons (Fsp3) is 0.821. The zero-order valence-electron chi connectivity index (χ0n) is 36.9. The fourth-order valence-corrected chi connectivity index (χ4v) is 3.91. The number of nitrogens with two attached hydrogens (primary N) is 8. The normalized spacial score (nSPS) is 12.4. The first kappa shape index (κ1) is 72.2. The monoisotopic (exact) mass is 893 g/mol. The lowest BCUT2D eigenvalue weighted by molar-refractivity contribution is -0.152. The predicted molar refractivity (Wildman–Crippen MR) is 237 cm³/mol. The second-order valence-electron chi connectivity index (χ2n) is 13.4. The van der Waals surface area contributed by atoms with Gasteiger partial charge in [0.25, 0.3) is 0 Å². The molecule has 0 radical (unpaired) electrons. The van der Waals surface area contributed by atoms with E-state index in [0.29, 0.717) is 26.2 Å². The van der Waals surface area contributed by atoms with Crippen molar-refractivity contribution in [2.45, 2.75) is 153 Å². The molecule has 0 aliphatic carbocycles. The third-order valence-corrected chi connectivity index (χ3v) is 7.31. The summed E-state index contributed by atoms with van der Waals surface area (Å²) < 4.78 is 0. The van der Waals surface area contributed by atoms with Gasteiger partial charge in [0.15, 0.2) is 6.10 Å². The van der Waals surface area contributed by atoms with Crippen molar-refractivity contribution in [1.82, 2.24) is 0 Å². The Bertz CT molecular complexity index is 873. The van der Waals surface area contributed by atoms with Gasteiger partial charge >= 0.3 is 23.9 Å². The van der Waals surface area contributed by atoms with Gasteiger partial charge in [-0.3, -0.25) is 9.59 Å². The maximum atomic E-state index is 9.72. The average Bonchev–Trinajstić information content (AvgIpc) is 3.21. The summed E-state index contributed by atoms with van der Waals surface area (Å²) in [5.41, 5.74) is 43.9. The summed E-state index contributed by atoms with van der Waals surface area (Å²) in [4.78, 5) is 47.8. The molecule has 0 aromatic rings. The highest BCUT2D eigenvalue weighted by Gasteiger charge is 2.16. The Kier molecular flexibility index (Phi) is 72.3. The fourth-order valence-electron chi connectivity index (χ4n) is 3.91. The summed E-state index contributed by atoms with van der Waals surface area (Å²) >= 11 is 0. The molecule has 25 N–H and O–H groups in total. The van der Waals surface area contributed by atoms with Gasteiger partial charge in [0.05, 0.1) is 6.42 Å². The average molecular weight is 893 g/mol. The lowest BCUT2D eigenvalue weighted by atomic mass is 10.1. The van der Waals surface area contributed by atoms with E-state index >= 15 is 0 Å². The molecule has 0 aromatic heterocycles. The highest BCUT2D eigenvalue weighted by molar-refractivity contribution is 6.31. The number of ketones is 1. The number of carboxylic acids is 4. The van der Waals surface area contributed by atoms with Crippen LogP contribution in [0.25, 0.3) is 0 Å². The molecule has 0 heterocycles. The molecule has 0 bridgehead atoms. The number of carbonyl (C=O) groups excluding carboxylic acids is 1. The van der Waals surface area contributed by atoms with E-state index in [1.54, 1.807) is 6.92 Å². The van der Waals surface area contributed by atoms with Crippen molar-refractivity contribution in [1.29, 1.82) is 0 Å². The van der Waals surface area contributed by atoms with E-state index < -0.39 is 42.2 Å². The summed E-state index contributed by atoms with van der Waals surface area (Å²) in [6, 6.07) is 0.929. The molecule has 61 heavy (non-hydrogen) atoms. The number of aliphatic hydroxyl groups is 5. The van der Waals surface area contributed by atoms with Crippen molar-refractivity contribution in [3.05, 3.63) is 12.2 Å². The summed E-state index contributed by atoms with van der Waals surface area (Å²) in [6.45, 7) is 6.51. The summed E-state index contributed by atoms with van der Waals surface area (Å²) in [7, 11) is 0. The van der Waals surface area contributed by atoms with Gasteiger partial charge in [-0.1, -0.05) is 6.08 Å². The molecule has 0 spiro atoms. The maximum absolute atomic E-state index is 9.72. The molecule has 22 heteroatoms.